The molecule has 0 saturated carbocycles. The minimum absolute atomic E-state index is 0.384. The SMILES string of the molecule is NC(=O)NCc1ccc(Nc2ncc(Br)c(NCCc3cnc[nH]3)n2)cc1. The van der Waals surface area contributed by atoms with Gasteiger partial charge < -0.3 is 26.7 Å². The molecule has 3 aromatic rings. The fourth-order valence-corrected chi connectivity index (χ4v) is 2.64. The third-order valence-electron chi connectivity index (χ3n) is 3.66. The summed E-state index contributed by atoms with van der Waals surface area (Å²) < 4.78 is 0.783. The highest BCUT2D eigenvalue weighted by molar-refractivity contribution is 9.10. The molecular formula is C17H19BrN8O. The zero-order chi connectivity index (χ0) is 19.1. The van der Waals surface area contributed by atoms with Crippen LogP contribution < -0.4 is 21.7 Å². The number of urea groups is 1. The number of carbonyl (C=O) groups excluding carboxylic acids is 1. The fraction of sp³-hybridized carbons (Fsp3) is 0.176. The third-order valence-corrected chi connectivity index (χ3v) is 4.24. The molecule has 2 aromatic heterocycles. The number of nitrogens with two attached hydrogens (primary N) is 1. The van der Waals surface area contributed by atoms with Crippen molar-refractivity contribution in [2.75, 3.05) is 17.2 Å². The standard InChI is InChI=1S/C17H19BrN8O/c18-14-9-23-17(26-15(14)21-6-5-13-8-20-10-24-13)25-12-3-1-11(2-4-12)7-22-16(19)27/h1-4,8-10H,5-7H2,(H,20,24)(H3,19,22,27)(H2,21,23,25,26). The Morgan fingerprint density at radius 2 is 2.04 bits per heavy atom. The van der Waals surface area contributed by atoms with Crippen LogP contribution in [0.1, 0.15) is 11.3 Å². The maximum atomic E-state index is 10.7. The lowest BCUT2D eigenvalue weighted by Crippen LogP contribution is -2.28. The Morgan fingerprint density at radius 1 is 1.22 bits per heavy atom. The van der Waals surface area contributed by atoms with Crippen LogP contribution in [-0.4, -0.2) is 32.5 Å². The number of imidazole rings is 1. The van der Waals surface area contributed by atoms with Crippen LogP contribution in [0.5, 0.6) is 0 Å². The first-order chi connectivity index (χ1) is 13.1. The van der Waals surface area contributed by atoms with Crippen molar-refractivity contribution in [2.24, 2.45) is 5.73 Å². The van der Waals surface area contributed by atoms with Gasteiger partial charge in [-0.1, -0.05) is 12.1 Å². The van der Waals surface area contributed by atoms with Crippen LogP contribution in [-0.2, 0) is 13.0 Å². The minimum atomic E-state index is -0.548. The van der Waals surface area contributed by atoms with Crippen molar-refractivity contribution in [3.05, 3.63) is 58.7 Å². The number of amides is 2. The number of benzene rings is 1. The number of primary amides is 1. The summed E-state index contributed by atoms with van der Waals surface area (Å²) in [5, 5.41) is 8.98. The number of carbonyl (C=O) groups is 1. The van der Waals surface area contributed by atoms with Gasteiger partial charge in [0, 0.05) is 43.3 Å². The first kappa shape index (κ1) is 18.6. The molecule has 0 fully saturated rings. The van der Waals surface area contributed by atoms with Crippen LogP contribution in [0.4, 0.5) is 22.2 Å². The molecule has 0 radical (unpaired) electrons. The van der Waals surface area contributed by atoms with Crippen LogP contribution in [0.15, 0.2) is 47.5 Å². The Morgan fingerprint density at radius 3 is 2.74 bits per heavy atom. The molecule has 3 rings (SSSR count). The van der Waals surface area contributed by atoms with Gasteiger partial charge in [0.1, 0.15) is 5.82 Å². The van der Waals surface area contributed by atoms with E-state index in [1.807, 2.05) is 24.3 Å². The molecule has 1 aromatic carbocycles. The van der Waals surface area contributed by atoms with E-state index >= 15 is 0 Å². The molecule has 6 N–H and O–H groups in total. The van der Waals surface area contributed by atoms with Gasteiger partial charge in [0.25, 0.3) is 0 Å². The zero-order valence-corrected chi connectivity index (χ0v) is 16.0. The molecule has 0 spiro atoms. The van der Waals surface area contributed by atoms with Crippen molar-refractivity contribution in [3.63, 3.8) is 0 Å². The Hall–Kier alpha value is -3.14. The molecule has 0 aliphatic carbocycles. The smallest absolute Gasteiger partial charge is 0.312 e. The molecule has 27 heavy (non-hydrogen) atoms. The number of hydrogen-bond donors (Lipinski definition) is 5. The predicted molar refractivity (Wildman–Crippen MR) is 107 cm³/mol. The molecule has 2 amide bonds. The molecule has 0 aliphatic heterocycles. The van der Waals surface area contributed by atoms with Gasteiger partial charge in [0.2, 0.25) is 5.95 Å². The normalized spacial score (nSPS) is 10.4. The summed E-state index contributed by atoms with van der Waals surface area (Å²) in [5.41, 5.74) is 7.90. The zero-order valence-electron chi connectivity index (χ0n) is 14.4. The quantitative estimate of drug-likeness (QED) is 0.372. The van der Waals surface area contributed by atoms with Crippen LogP contribution in [0.25, 0.3) is 0 Å². The molecule has 0 aliphatic rings. The number of hydrogen-bond acceptors (Lipinski definition) is 6. The largest absolute Gasteiger partial charge is 0.369 e. The van der Waals surface area contributed by atoms with E-state index in [2.05, 4.69) is 51.8 Å². The van der Waals surface area contributed by atoms with E-state index < -0.39 is 6.03 Å². The monoisotopic (exact) mass is 430 g/mol. The van der Waals surface area contributed by atoms with Crippen LogP contribution >= 0.6 is 15.9 Å². The first-order valence-corrected chi connectivity index (χ1v) is 9.02. The Labute approximate surface area is 164 Å². The number of anilines is 3. The number of aromatic amines is 1. The number of aromatic nitrogens is 4. The van der Waals surface area contributed by atoms with Crippen LogP contribution in [0.3, 0.4) is 0 Å². The summed E-state index contributed by atoms with van der Waals surface area (Å²) in [6, 6.07) is 7.00. The van der Waals surface area contributed by atoms with E-state index in [1.54, 1.807) is 18.7 Å². The van der Waals surface area contributed by atoms with Crippen molar-refractivity contribution < 1.29 is 4.79 Å². The fourth-order valence-electron chi connectivity index (χ4n) is 2.31. The lowest BCUT2D eigenvalue weighted by Gasteiger charge is -2.10. The lowest BCUT2D eigenvalue weighted by molar-refractivity contribution is 0.248. The highest BCUT2D eigenvalue weighted by Crippen LogP contribution is 2.22. The third kappa shape index (κ3) is 5.68. The molecule has 0 atom stereocenters. The molecule has 9 nitrogen and oxygen atoms in total. The summed E-state index contributed by atoms with van der Waals surface area (Å²) in [5.74, 6) is 1.18. The van der Waals surface area contributed by atoms with Gasteiger partial charge in [-0.2, -0.15) is 4.98 Å². The molecule has 2 heterocycles. The Kier molecular flexibility index (Phi) is 6.21. The average Bonchev–Trinajstić information content (AvgIpc) is 3.17. The van der Waals surface area contributed by atoms with E-state index in [9.17, 15) is 4.79 Å². The second-order valence-corrected chi connectivity index (χ2v) is 6.54. The number of rotatable bonds is 8. The van der Waals surface area contributed by atoms with E-state index in [1.165, 1.54) is 0 Å². The minimum Gasteiger partial charge on any atom is -0.369 e. The van der Waals surface area contributed by atoms with Crippen molar-refractivity contribution in [1.29, 1.82) is 0 Å². The van der Waals surface area contributed by atoms with E-state index in [0.717, 1.165) is 27.8 Å². The molecular weight excluding hydrogens is 412 g/mol. The predicted octanol–water partition coefficient (Wildman–Crippen LogP) is 2.53. The summed E-state index contributed by atoms with van der Waals surface area (Å²) in [7, 11) is 0. The Balaban J connectivity index is 1.58. The van der Waals surface area contributed by atoms with Crippen LogP contribution in [0.2, 0.25) is 0 Å². The molecule has 140 valence electrons. The highest BCUT2D eigenvalue weighted by Gasteiger charge is 2.06. The van der Waals surface area contributed by atoms with Gasteiger partial charge in [0.15, 0.2) is 0 Å². The number of nitrogens with one attached hydrogen (secondary N) is 4. The van der Waals surface area contributed by atoms with Crippen molar-refractivity contribution in [3.8, 4) is 0 Å². The van der Waals surface area contributed by atoms with Gasteiger partial charge in [-0.05, 0) is 33.6 Å². The van der Waals surface area contributed by atoms with Gasteiger partial charge >= 0.3 is 6.03 Å². The number of H-pyrrole nitrogens is 1. The average molecular weight is 431 g/mol. The first-order valence-electron chi connectivity index (χ1n) is 8.23. The van der Waals surface area contributed by atoms with Gasteiger partial charge in [-0.3, -0.25) is 0 Å². The molecule has 0 unspecified atom stereocenters. The summed E-state index contributed by atoms with van der Waals surface area (Å²) in [6.07, 6.45) is 5.96. The maximum Gasteiger partial charge on any atom is 0.312 e. The summed E-state index contributed by atoms with van der Waals surface area (Å²) in [6.45, 7) is 1.09. The number of nitrogens with zero attached hydrogens (tertiary/aromatic N) is 3. The molecule has 0 saturated heterocycles. The molecule has 10 heteroatoms. The van der Waals surface area contributed by atoms with Gasteiger partial charge in [0.05, 0.1) is 10.8 Å². The Bertz CT molecular complexity index is 882. The highest BCUT2D eigenvalue weighted by atomic mass is 79.9. The van der Waals surface area contributed by atoms with Gasteiger partial charge in [-0.25, -0.2) is 14.8 Å². The van der Waals surface area contributed by atoms with Crippen molar-refractivity contribution in [1.82, 2.24) is 25.3 Å². The second kappa shape index (κ2) is 8.99. The maximum absolute atomic E-state index is 10.7. The topological polar surface area (TPSA) is 134 Å². The van der Waals surface area contributed by atoms with Crippen molar-refractivity contribution >= 4 is 39.4 Å². The van der Waals surface area contributed by atoms with Gasteiger partial charge in [-0.15, -0.1) is 0 Å². The van der Waals surface area contributed by atoms with Crippen LogP contribution in [0, 0.1) is 0 Å². The molecule has 0 bridgehead atoms. The van der Waals surface area contributed by atoms with Crippen molar-refractivity contribution in [2.45, 2.75) is 13.0 Å². The summed E-state index contributed by atoms with van der Waals surface area (Å²) >= 11 is 3.45. The lowest BCUT2D eigenvalue weighted by atomic mass is 10.2. The summed E-state index contributed by atoms with van der Waals surface area (Å²) in [4.78, 5) is 26.6. The second-order valence-electron chi connectivity index (χ2n) is 5.68. The van der Waals surface area contributed by atoms with E-state index in [0.29, 0.717) is 24.9 Å². The van der Waals surface area contributed by atoms with E-state index in [-0.39, 0.29) is 0 Å². The number of halogens is 1. The van der Waals surface area contributed by atoms with E-state index in [4.69, 9.17) is 5.73 Å².